The molecule has 0 saturated heterocycles. The first kappa shape index (κ1) is 14.6. The van der Waals surface area contributed by atoms with Gasteiger partial charge in [-0.3, -0.25) is 0 Å². The molecule has 21 heavy (non-hydrogen) atoms. The summed E-state index contributed by atoms with van der Waals surface area (Å²) >= 11 is 0. The highest BCUT2D eigenvalue weighted by Gasteiger charge is 2.00. The van der Waals surface area contributed by atoms with Crippen LogP contribution >= 0.6 is 0 Å². The maximum atomic E-state index is 10.4. The van der Waals surface area contributed by atoms with E-state index in [1.54, 1.807) is 0 Å². The second-order valence-corrected chi connectivity index (χ2v) is 4.71. The molecule has 0 unspecified atom stereocenters. The molecule has 0 bridgehead atoms. The Morgan fingerprint density at radius 3 is 2.00 bits per heavy atom. The first-order valence-corrected chi connectivity index (χ1v) is 6.71. The smallest absolute Gasteiger partial charge is 0.404 e. The molecule has 4 heteroatoms. The number of nitriles is 1. The van der Waals surface area contributed by atoms with Crippen LogP contribution in [0.3, 0.4) is 0 Å². The molecule has 2 rings (SSSR count). The van der Waals surface area contributed by atoms with Crippen molar-refractivity contribution < 1.29 is 9.90 Å². The Labute approximate surface area is 123 Å². The third-order valence-corrected chi connectivity index (χ3v) is 3.21. The molecule has 2 N–H and O–H groups in total. The average molecular weight is 280 g/mol. The van der Waals surface area contributed by atoms with E-state index >= 15 is 0 Å². The predicted octanol–water partition coefficient (Wildman–Crippen LogP) is 3.23. The zero-order valence-corrected chi connectivity index (χ0v) is 11.5. The van der Waals surface area contributed by atoms with Crippen molar-refractivity contribution >= 4 is 6.09 Å². The lowest BCUT2D eigenvalue weighted by Crippen LogP contribution is -2.23. The van der Waals surface area contributed by atoms with Crippen LogP contribution in [0.25, 0.3) is 11.1 Å². The molecule has 0 saturated carbocycles. The quantitative estimate of drug-likeness (QED) is 0.883. The highest BCUT2D eigenvalue weighted by molar-refractivity contribution is 5.65. The number of carboxylic acid groups (broad SMARTS) is 1. The van der Waals surface area contributed by atoms with Gasteiger partial charge >= 0.3 is 6.09 Å². The SMILES string of the molecule is N#CCc1ccc(-c2ccc(CCNC(=O)O)cc2)cc1. The van der Waals surface area contributed by atoms with Gasteiger partial charge in [0.15, 0.2) is 0 Å². The first-order chi connectivity index (χ1) is 10.2. The van der Waals surface area contributed by atoms with E-state index in [-0.39, 0.29) is 0 Å². The number of carbonyl (C=O) groups is 1. The minimum Gasteiger partial charge on any atom is -0.465 e. The zero-order chi connectivity index (χ0) is 15.1. The van der Waals surface area contributed by atoms with E-state index < -0.39 is 6.09 Å². The third-order valence-electron chi connectivity index (χ3n) is 3.21. The highest BCUT2D eigenvalue weighted by Crippen LogP contribution is 2.20. The number of nitrogens with one attached hydrogen (secondary N) is 1. The van der Waals surface area contributed by atoms with Crippen molar-refractivity contribution in [3.8, 4) is 17.2 Å². The second kappa shape index (κ2) is 7.11. The Morgan fingerprint density at radius 2 is 1.52 bits per heavy atom. The normalized spacial score (nSPS) is 9.86. The summed E-state index contributed by atoms with van der Waals surface area (Å²) in [6.45, 7) is 0.414. The number of hydrogen-bond acceptors (Lipinski definition) is 2. The van der Waals surface area contributed by atoms with Gasteiger partial charge in [0.2, 0.25) is 0 Å². The van der Waals surface area contributed by atoms with E-state index in [0.717, 1.165) is 22.3 Å². The van der Waals surface area contributed by atoms with Crippen LogP contribution in [0.5, 0.6) is 0 Å². The lowest BCUT2D eigenvalue weighted by Gasteiger charge is -2.05. The van der Waals surface area contributed by atoms with E-state index in [1.165, 1.54) is 0 Å². The van der Waals surface area contributed by atoms with E-state index in [4.69, 9.17) is 10.4 Å². The van der Waals surface area contributed by atoms with Gasteiger partial charge in [-0.2, -0.15) is 5.26 Å². The summed E-state index contributed by atoms with van der Waals surface area (Å²) in [6, 6.07) is 18.1. The van der Waals surface area contributed by atoms with Crippen LogP contribution < -0.4 is 5.32 Å². The summed E-state index contributed by atoms with van der Waals surface area (Å²) in [5, 5.41) is 19.5. The van der Waals surface area contributed by atoms with Crippen molar-refractivity contribution in [2.45, 2.75) is 12.8 Å². The second-order valence-electron chi connectivity index (χ2n) is 4.71. The molecule has 0 aromatic heterocycles. The van der Waals surface area contributed by atoms with Crippen molar-refractivity contribution in [3.05, 3.63) is 59.7 Å². The van der Waals surface area contributed by atoms with E-state index in [1.807, 2.05) is 48.5 Å². The third kappa shape index (κ3) is 4.36. The number of rotatable bonds is 5. The number of benzene rings is 2. The van der Waals surface area contributed by atoms with Crippen molar-refractivity contribution in [3.63, 3.8) is 0 Å². The summed E-state index contributed by atoms with van der Waals surface area (Å²) in [5.41, 5.74) is 4.31. The Kier molecular flexibility index (Phi) is 4.94. The molecule has 1 amide bonds. The lowest BCUT2D eigenvalue weighted by atomic mass is 10.0. The van der Waals surface area contributed by atoms with Crippen LogP contribution in [-0.4, -0.2) is 17.7 Å². The van der Waals surface area contributed by atoms with Gasteiger partial charge in [-0.05, 0) is 28.7 Å². The van der Waals surface area contributed by atoms with Crippen molar-refractivity contribution in [1.82, 2.24) is 5.32 Å². The minimum absolute atomic E-state index is 0.414. The Balaban J connectivity index is 2.01. The zero-order valence-electron chi connectivity index (χ0n) is 11.5. The van der Waals surface area contributed by atoms with Crippen LogP contribution in [0.2, 0.25) is 0 Å². The molecule has 0 atom stereocenters. The molecule has 4 nitrogen and oxygen atoms in total. The number of amides is 1. The predicted molar refractivity (Wildman–Crippen MR) is 80.9 cm³/mol. The molecule has 0 spiro atoms. The lowest BCUT2D eigenvalue weighted by molar-refractivity contribution is 0.194. The maximum Gasteiger partial charge on any atom is 0.404 e. The molecule has 2 aromatic carbocycles. The van der Waals surface area contributed by atoms with E-state index in [0.29, 0.717) is 19.4 Å². The number of nitrogens with zero attached hydrogens (tertiary/aromatic N) is 1. The minimum atomic E-state index is -0.996. The van der Waals surface area contributed by atoms with Gasteiger partial charge in [-0.1, -0.05) is 48.5 Å². The molecule has 0 aliphatic heterocycles. The molecule has 0 aliphatic rings. The fraction of sp³-hybridized carbons (Fsp3) is 0.176. The summed E-state index contributed by atoms with van der Waals surface area (Å²) in [6.07, 6.45) is 0.104. The maximum absolute atomic E-state index is 10.4. The molecule has 0 radical (unpaired) electrons. The van der Waals surface area contributed by atoms with Gasteiger partial charge in [-0.25, -0.2) is 4.79 Å². The molecule has 106 valence electrons. The summed E-state index contributed by atoms with van der Waals surface area (Å²) in [5.74, 6) is 0. The Hall–Kier alpha value is -2.80. The van der Waals surface area contributed by atoms with Crippen LogP contribution in [0.15, 0.2) is 48.5 Å². The van der Waals surface area contributed by atoms with Crippen LogP contribution in [0.4, 0.5) is 4.79 Å². The topological polar surface area (TPSA) is 73.1 Å². The largest absolute Gasteiger partial charge is 0.465 e. The molecule has 0 heterocycles. The van der Waals surface area contributed by atoms with Crippen LogP contribution in [0.1, 0.15) is 11.1 Å². The molecule has 2 aromatic rings. The van der Waals surface area contributed by atoms with Gasteiger partial charge in [0.1, 0.15) is 0 Å². The Morgan fingerprint density at radius 1 is 1.00 bits per heavy atom. The molecule has 0 fully saturated rings. The molecular formula is C17H16N2O2. The summed E-state index contributed by atoms with van der Waals surface area (Å²) in [7, 11) is 0. The fourth-order valence-electron chi connectivity index (χ4n) is 2.08. The van der Waals surface area contributed by atoms with Crippen molar-refractivity contribution in [2.24, 2.45) is 0 Å². The number of hydrogen-bond donors (Lipinski definition) is 2. The average Bonchev–Trinajstić information content (AvgIpc) is 2.49. The molecule has 0 aliphatic carbocycles. The van der Waals surface area contributed by atoms with Crippen molar-refractivity contribution in [1.29, 1.82) is 5.26 Å². The van der Waals surface area contributed by atoms with Crippen LogP contribution in [-0.2, 0) is 12.8 Å². The van der Waals surface area contributed by atoms with Crippen molar-refractivity contribution in [2.75, 3.05) is 6.54 Å². The highest BCUT2D eigenvalue weighted by atomic mass is 16.4. The summed E-state index contributed by atoms with van der Waals surface area (Å²) in [4.78, 5) is 10.4. The van der Waals surface area contributed by atoms with Gasteiger partial charge in [-0.15, -0.1) is 0 Å². The first-order valence-electron chi connectivity index (χ1n) is 6.71. The van der Waals surface area contributed by atoms with Crippen LogP contribution in [0, 0.1) is 11.3 Å². The van der Waals surface area contributed by atoms with Gasteiger partial charge in [0, 0.05) is 6.54 Å². The standard InChI is InChI=1S/C17H16N2O2/c18-11-9-13-1-5-15(6-2-13)16-7-3-14(4-8-16)10-12-19-17(20)21/h1-8,19H,9-10,12H2,(H,20,21). The summed E-state index contributed by atoms with van der Waals surface area (Å²) < 4.78 is 0. The fourth-order valence-corrected chi connectivity index (χ4v) is 2.08. The van der Waals surface area contributed by atoms with E-state index in [2.05, 4.69) is 11.4 Å². The van der Waals surface area contributed by atoms with Gasteiger partial charge in [0.25, 0.3) is 0 Å². The van der Waals surface area contributed by atoms with Gasteiger partial charge in [0.05, 0.1) is 12.5 Å². The van der Waals surface area contributed by atoms with Gasteiger partial charge < -0.3 is 10.4 Å². The Bertz CT molecular complexity index is 640. The van der Waals surface area contributed by atoms with E-state index in [9.17, 15) is 4.79 Å². The molecular weight excluding hydrogens is 264 g/mol. The monoisotopic (exact) mass is 280 g/mol.